The van der Waals surface area contributed by atoms with Gasteiger partial charge in [-0.2, -0.15) is 0 Å². The summed E-state index contributed by atoms with van der Waals surface area (Å²) in [5.41, 5.74) is 1.63. The molecule has 0 spiro atoms. The zero-order valence-electron chi connectivity index (χ0n) is 18.4. The van der Waals surface area contributed by atoms with Crippen molar-refractivity contribution in [3.05, 3.63) is 17.1 Å². The summed E-state index contributed by atoms with van der Waals surface area (Å²) in [6.45, 7) is 5.65. The van der Waals surface area contributed by atoms with Gasteiger partial charge in [-0.25, -0.2) is 9.97 Å². The summed E-state index contributed by atoms with van der Waals surface area (Å²) in [5, 5.41) is 4.01. The number of hydrogen-bond donors (Lipinski definition) is 1. The summed E-state index contributed by atoms with van der Waals surface area (Å²) in [6.07, 6.45) is 10.4. The monoisotopic (exact) mass is 427 g/mol. The number of carbonyl (C=O) groups is 2. The molecule has 30 heavy (non-hydrogen) atoms. The molecular formula is C24H33N3O2S. The van der Waals surface area contributed by atoms with Crippen LogP contribution in [0.25, 0.3) is 0 Å². The molecule has 5 aliphatic rings. The van der Waals surface area contributed by atoms with Crippen molar-refractivity contribution in [1.82, 2.24) is 15.3 Å². The Labute approximate surface area is 183 Å². The number of hydrogen-bond acceptors (Lipinski definition) is 5. The van der Waals surface area contributed by atoms with Gasteiger partial charge in [0.2, 0.25) is 5.91 Å². The van der Waals surface area contributed by atoms with Gasteiger partial charge in [0.1, 0.15) is 10.9 Å². The Bertz CT molecular complexity index is 844. The van der Waals surface area contributed by atoms with E-state index in [-0.39, 0.29) is 17.7 Å². The number of Topliss-reactive ketones (excluding diaryl/α,β-unsaturated/α-hetero) is 1. The van der Waals surface area contributed by atoms with Crippen molar-refractivity contribution in [3.8, 4) is 0 Å². The van der Waals surface area contributed by atoms with Crippen molar-refractivity contribution in [2.75, 3.05) is 5.75 Å². The Morgan fingerprint density at radius 1 is 1.10 bits per heavy atom. The molecule has 4 bridgehead atoms. The van der Waals surface area contributed by atoms with Crippen LogP contribution in [0.15, 0.2) is 5.03 Å². The molecule has 0 aromatic carbocycles. The Balaban J connectivity index is 1.25. The number of aryl methyl sites for hydroxylation is 1. The van der Waals surface area contributed by atoms with Gasteiger partial charge >= 0.3 is 0 Å². The van der Waals surface area contributed by atoms with E-state index in [9.17, 15) is 9.59 Å². The third kappa shape index (κ3) is 3.80. The third-order valence-electron chi connectivity index (χ3n) is 8.09. The first-order chi connectivity index (χ1) is 14.3. The SMILES string of the molecule is CC(=O)c1c(C)nc(C2CC2)nc1SCC(=O)N[C@H](C)C12CC3CC(CC(C3)C1)C2. The van der Waals surface area contributed by atoms with Crippen LogP contribution in [0.4, 0.5) is 0 Å². The minimum atomic E-state index is -0.0281. The molecule has 0 radical (unpaired) electrons. The van der Waals surface area contributed by atoms with Crippen LogP contribution in [-0.2, 0) is 4.79 Å². The number of nitrogens with zero attached hydrogens (tertiary/aromatic N) is 2. The molecule has 162 valence electrons. The van der Waals surface area contributed by atoms with E-state index in [1.54, 1.807) is 6.92 Å². The van der Waals surface area contributed by atoms with Crippen molar-refractivity contribution < 1.29 is 9.59 Å². The maximum absolute atomic E-state index is 12.9. The predicted octanol–water partition coefficient (Wildman–Crippen LogP) is 4.68. The minimum Gasteiger partial charge on any atom is -0.352 e. The summed E-state index contributed by atoms with van der Waals surface area (Å²) in [6, 6.07) is 0.223. The fraction of sp³-hybridized carbons (Fsp3) is 0.750. The second kappa shape index (κ2) is 7.61. The van der Waals surface area contributed by atoms with Crippen molar-refractivity contribution in [2.24, 2.45) is 23.2 Å². The molecule has 6 heteroatoms. The van der Waals surface area contributed by atoms with Gasteiger partial charge in [-0.3, -0.25) is 9.59 Å². The van der Waals surface area contributed by atoms with Gasteiger partial charge in [-0.1, -0.05) is 11.8 Å². The van der Waals surface area contributed by atoms with Crippen LogP contribution >= 0.6 is 11.8 Å². The zero-order chi connectivity index (χ0) is 21.0. The Hall–Kier alpha value is -1.43. The lowest BCUT2D eigenvalue weighted by atomic mass is 9.48. The third-order valence-corrected chi connectivity index (χ3v) is 9.07. The molecular weight excluding hydrogens is 394 g/mol. The van der Waals surface area contributed by atoms with Crippen LogP contribution in [0.3, 0.4) is 0 Å². The number of nitrogens with one attached hydrogen (secondary N) is 1. The van der Waals surface area contributed by atoms with Gasteiger partial charge in [0, 0.05) is 12.0 Å². The average Bonchev–Trinajstić information content (AvgIpc) is 3.49. The zero-order valence-corrected chi connectivity index (χ0v) is 19.2. The first-order valence-corrected chi connectivity index (χ1v) is 12.6. The molecule has 1 N–H and O–H groups in total. The van der Waals surface area contributed by atoms with Crippen LogP contribution < -0.4 is 5.32 Å². The summed E-state index contributed by atoms with van der Waals surface area (Å²) in [5.74, 6) is 4.24. The first-order valence-electron chi connectivity index (χ1n) is 11.6. The second-order valence-corrected chi connectivity index (χ2v) is 11.5. The number of thioether (sulfide) groups is 1. The molecule has 0 saturated heterocycles. The fourth-order valence-corrected chi connectivity index (χ4v) is 7.82. The van der Waals surface area contributed by atoms with E-state index in [4.69, 9.17) is 0 Å². The van der Waals surface area contributed by atoms with Gasteiger partial charge in [0.05, 0.1) is 17.0 Å². The van der Waals surface area contributed by atoms with E-state index in [2.05, 4.69) is 22.2 Å². The van der Waals surface area contributed by atoms with Crippen LogP contribution in [-0.4, -0.2) is 33.5 Å². The van der Waals surface area contributed by atoms with Crippen molar-refractivity contribution in [3.63, 3.8) is 0 Å². The van der Waals surface area contributed by atoms with E-state index in [0.717, 1.165) is 42.1 Å². The number of ketones is 1. The van der Waals surface area contributed by atoms with E-state index < -0.39 is 0 Å². The van der Waals surface area contributed by atoms with E-state index >= 15 is 0 Å². The van der Waals surface area contributed by atoms with E-state index in [1.807, 2.05) is 6.92 Å². The van der Waals surface area contributed by atoms with Crippen LogP contribution in [0.2, 0.25) is 0 Å². The largest absolute Gasteiger partial charge is 0.352 e. The average molecular weight is 428 g/mol. The molecule has 1 aromatic heterocycles. The summed E-state index contributed by atoms with van der Waals surface area (Å²) >= 11 is 1.39. The van der Waals surface area contributed by atoms with Gasteiger partial charge < -0.3 is 5.32 Å². The molecule has 5 aliphatic carbocycles. The highest BCUT2D eigenvalue weighted by Gasteiger charge is 2.53. The molecule has 1 aromatic rings. The summed E-state index contributed by atoms with van der Waals surface area (Å²) < 4.78 is 0. The highest BCUT2D eigenvalue weighted by atomic mass is 32.2. The highest BCUT2D eigenvalue weighted by Crippen LogP contribution is 2.61. The van der Waals surface area contributed by atoms with Crippen LogP contribution in [0, 0.1) is 30.1 Å². The fourth-order valence-electron chi connectivity index (χ4n) is 6.88. The van der Waals surface area contributed by atoms with Gasteiger partial charge in [0.15, 0.2) is 5.78 Å². The molecule has 6 rings (SSSR count). The standard InChI is InChI=1S/C24H33N3O2S/c1-13-21(14(2)28)23(27-22(25-13)19-4-5-19)30-12-20(29)26-15(3)24-9-16-6-17(10-24)8-18(7-16)11-24/h15-19H,4-12H2,1-3H3,(H,26,29)/t15-,16?,17?,18?,24?/m1/s1. The Kier molecular flexibility index (Phi) is 5.19. The molecule has 5 saturated carbocycles. The topological polar surface area (TPSA) is 72.0 Å². The number of aromatic nitrogens is 2. The number of rotatable bonds is 7. The van der Waals surface area contributed by atoms with E-state index in [0.29, 0.717) is 27.7 Å². The van der Waals surface area contributed by atoms with Gasteiger partial charge in [0.25, 0.3) is 0 Å². The number of amides is 1. The summed E-state index contributed by atoms with van der Waals surface area (Å²) in [4.78, 5) is 34.3. The molecule has 1 heterocycles. The molecule has 1 atom stereocenters. The minimum absolute atomic E-state index is 0.0281. The van der Waals surface area contributed by atoms with Crippen molar-refractivity contribution in [2.45, 2.75) is 89.1 Å². The smallest absolute Gasteiger partial charge is 0.230 e. The van der Waals surface area contributed by atoms with Crippen LogP contribution in [0.1, 0.15) is 93.0 Å². The van der Waals surface area contributed by atoms with Crippen molar-refractivity contribution >= 4 is 23.5 Å². The number of carbonyl (C=O) groups excluding carboxylic acids is 2. The lowest BCUT2D eigenvalue weighted by molar-refractivity contribution is -0.123. The second-order valence-electron chi connectivity index (χ2n) is 10.5. The highest BCUT2D eigenvalue weighted by molar-refractivity contribution is 8.00. The molecule has 0 unspecified atom stereocenters. The first kappa shape index (κ1) is 20.5. The molecule has 0 aliphatic heterocycles. The van der Waals surface area contributed by atoms with Crippen molar-refractivity contribution in [1.29, 1.82) is 0 Å². The maximum atomic E-state index is 12.9. The predicted molar refractivity (Wildman–Crippen MR) is 118 cm³/mol. The molecule has 1 amide bonds. The maximum Gasteiger partial charge on any atom is 0.230 e. The van der Waals surface area contributed by atoms with Crippen LogP contribution in [0.5, 0.6) is 0 Å². The molecule has 5 fully saturated rings. The quantitative estimate of drug-likeness (QED) is 0.389. The van der Waals surface area contributed by atoms with E-state index in [1.165, 1.54) is 50.3 Å². The Morgan fingerprint density at radius 2 is 1.70 bits per heavy atom. The Morgan fingerprint density at radius 3 is 2.23 bits per heavy atom. The van der Waals surface area contributed by atoms with Gasteiger partial charge in [-0.15, -0.1) is 0 Å². The molecule has 5 nitrogen and oxygen atoms in total. The van der Waals surface area contributed by atoms with Gasteiger partial charge in [-0.05, 0) is 95.3 Å². The lowest BCUT2D eigenvalue weighted by Gasteiger charge is -2.59. The lowest BCUT2D eigenvalue weighted by Crippen LogP contribution is -2.56. The normalized spacial score (nSPS) is 32.8. The summed E-state index contributed by atoms with van der Waals surface area (Å²) in [7, 11) is 0.